The Kier molecular flexibility index (Phi) is 4.16. The summed E-state index contributed by atoms with van der Waals surface area (Å²) in [6.07, 6.45) is -0.387. The molecule has 0 bridgehead atoms. The molecule has 0 atom stereocenters. The fourth-order valence-electron chi connectivity index (χ4n) is 1.67. The second-order valence-corrected chi connectivity index (χ2v) is 7.08. The van der Waals surface area contributed by atoms with E-state index < -0.39 is 5.60 Å². The molecule has 2 rings (SSSR count). The second-order valence-electron chi connectivity index (χ2n) is 5.26. The molecule has 1 N–H and O–H groups in total. The third-order valence-corrected chi connectivity index (χ3v) is 3.94. The molecule has 0 aliphatic heterocycles. The standard InChI is InChI=1S/C14H16BrNO2S/c1-14(2,3)18-13(17)16-7-9-8-19-12-5-4-10(15)6-11(9)12/h4-6,8H,7H2,1-3H3,(H,16,17). The van der Waals surface area contributed by atoms with E-state index in [-0.39, 0.29) is 6.09 Å². The van der Waals surface area contributed by atoms with Gasteiger partial charge < -0.3 is 10.1 Å². The van der Waals surface area contributed by atoms with Crippen LogP contribution in [0.2, 0.25) is 0 Å². The molecule has 0 aliphatic rings. The van der Waals surface area contributed by atoms with E-state index >= 15 is 0 Å². The van der Waals surface area contributed by atoms with Crippen LogP contribution in [0.1, 0.15) is 26.3 Å². The molecule has 0 aliphatic carbocycles. The Balaban J connectivity index is 2.06. The number of benzene rings is 1. The second kappa shape index (κ2) is 5.51. The molecule has 19 heavy (non-hydrogen) atoms. The third-order valence-electron chi connectivity index (χ3n) is 2.44. The molecule has 1 amide bonds. The number of hydrogen-bond donors (Lipinski definition) is 1. The fourth-order valence-corrected chi connectivity index (χ4v) is 2.98. The minimum Gasteiger partial charge on any atom is -0.444 e. The zero-order valence-corrected chi connectivity index (χ0v) is 13.5. The maximum absolute atomic E-state index is 11.6. The van der Waals surface area contributed by atoms with Crippen molar-refractivity contribution in [1.82, 2.24) is 5.32 Å². The van der Waals surface area contributed by atoms with Crippen molar-refractivity contribution in [3.05, 3.63) is 33.6 Å². The number of fused-ring (bicyclic) bond motifs is 1. The highest BCUT2D eigenvalue weighted by Crippen LogP contribution is 2.28. The van der Waals surface area contributed by atoms with Crippen molar-refractivity contribution < 1.29 is 9.53 Å². The van der Waals surface area contributed by atoms with Crippen LogP contribution in [0.5, 0.6) is 0 Å². The Labute approximate surface area is 125 Å². The summed E-state index contributed by atoms with van der Waals surface area (Å²) >= 11 is 5.14. The lowest BCUT2D eigenvalue weighted by atomic mass is 10.2. The van der Waals surface area contributed by atoms with Gasteiger partial charge in [-0.15, -0.1) is 11.3 Å². The number of amides is 1. The van der Waals surface area contributed by atoms with Crippen LogP contribution in [0, 0.1) is 0 Å². The lowest BCUT2D eigenvalue weighted by Gasteiger charge is -2.19. The molecular weight excluding hydrogens is 326 g/mol. The van der Waals surface area contributed by atoms with Gasteiger partial charge in [-0.1, -0.05) is 15.9 Å². The van der Waals surface area contributed by atoms with Crippen LogP contribution in [-0.4, -0.2) is 11.7 Å². The zero-order chi connectivity index (χ0) is 14.0. The molecule has 3 nitrogen and oxygen atoms in total. The average molecular weight is 342 g/mol. The van der Waals surface area contributed by atoms with Gasteiger partial charge in [-0.05, 0) is 55.3 Å². The molecule has 0 saturated carbocycles. The number of ether oxygens (including phenoxy) is 1. The number of nitrogens with one attached hydrogen (secondary N) is 1. The molecule has 5 heteroatoms. The summed E-state index contributed by atoms with van der Waals surface area (Å²) in [5.41, 5.74) is 0.635. The first-order chi connectivity index (χ1) is 8.85. The summed E-state index contributed by atoms with van der Waals surface area (Å²) in [4.78, 5) is 11.6. The van der Waals surface area contributed by atoms with Gasteiger partial charge in [0.15, 0.2) is 0 Å². The molecule has 1 heterocycles. The predicted molar refractivity (Wildman–Crippen MR) is 82.6 cm³/mol. The molecule has 1 aromatic heterocycles. The van der Waals surface area contributed by atoms with Crippen molar-refractivity contribution in [2.45, 2.75) is 32.9 Å². The molecular formula is C14H16BrNO2S. The lowest BCUT2D eigenvalue weighted by Crippen LogP contribution is -2.32. The maximum atomic E-state index is 11.6. The molecule has 102 valence electrons. The average Bonchev–Trinajstić information content (AvgIpc) is 2.66. The van der Waals surface area contributed by atoms with Crippen LogP contribution >= 0.6 is 27.3 Å². The first-order valence-corrected chi connectivity index (χ1v) is 7.65. The quantitative estimate of drug-likeness (QED) is 0.860. The first-order valence-electron chi connectivity index (χ1n) is 5.97. The molecule has 0 radical (unpaired) electrons. The number of alkyl carbamates (subject to hydrolysis) is 1. The van der Waals surface area contributed by atoms with Crippen LogP contribution in [0.25, 0.3) is 10.1 Å². The summed E-state index contributed by atoms with van der Waals surface area (Å²) in [7, 11) is 0. The highest BCUT2D eigenvalue weighted by atomic mass is 79.9. The van der Waals surface area contributed by atoms with Crippen molar-refractivity contribution in [3.63, 3.8) is 0 Å². The van der Waals surface area contributed by atoms with Crippen LogP contribution in [0.4, 0.5) is 4.79 Å². The van der Waals surface area contributed by atoms with Gasteiger partial charge in [0.1, 0.15) is 5.60 Å². The van der Waals surface area contributed by atoms with E-state index in [1.165, 1.54) is 4.70 Å². The van der Waals surface area contributed by atoms with Crippen LogP contribution in [0.15, 0.2) is 28.1 Å². The largest absolute Gasteiger partial charge is 0.444 e. The fraction of sp³-hybridized carbons (Fsp3) is 0.357. The SMILES string of the molecule is CC(C)(C)OC(=O)NCc1csc2ccc(Br)cc12. The smallest absolute Gasteiger partial charge is 0.407 e. The monoisotopic (exact) mass is 341 g/mol. The summed E-state index contributed by atoms with van der Waals surface area (Å²) < 4.78 is 7.47. The van der Waals surface area contributed by atoms with Crippen LogP contribution in [0.3, 0.4) is 0 Å². The molecule has 0 spiro atoms. The van der Waals surface area contributed by atoms with Gasteiger partial charge in [0.05, 0.1) is 0 Å². The van der Waals surface area contributed by atoms with Crippen molar-refractivity contribution >= 4 is 43.4 Å². The Hall–Kier alpha value is -1.07. The van der Waals surface area contributed by atoms with Gasteiger partial charge >= 0.3 is 6.09 Å². The Morgan fingerprint density at radius 1 is 1.42 bits per heavy atom. The summed E-state index contributed by atoms with van der Waals surface area (Å²) in [5.74, 6) is 0. The number of carbonyl (C=O) groups is 1. The van der Waals surface area contributed by atoms with Gasteiger partial charge in [-0.25, -0.2) is 4.79 Å². The van der Waals surface area contributed by atoms with Gasteiger partial charge in [-0.3, -0.25) is 0 Å². The third kappa shape index (κ3) is 3.94. The Morgan fingerprint density at radius 3 is 2.84 bits per heavy atom. The van der Waals surface area contributed by atoms with E-state index in [2.05, 4.69) is 38.8 Å². The van der Waals surface area contributed by atoms with E-state index in [0.717, 1.165) is 15.4 Å². The topological polar surface area (TPSA) is 38.3 Å². The van der Waals surface area contributed by atoms with Gasteiger partial charge in [0.2, 0.25) is 0 Å². The van der Waals surface area contributed by atoms with Gasteiger partial charge in [0.25, 0.3) is 0 Å². The first kappa shape index (κ1) is 14.3. The van der Waals surface area contributed by atoms with E-state index in [4.69, 9.17) is 4.74 Å². The Bertz CT molecular complexity index is 601. The Morgan fingerprint density at radius 2 is 2.16 bits per heavy atom. The minimum atomic E-state index is -0.468. The molecule has 1 aromatic carbocycles. The van der Waals surface area contributed by atoms with E-state index in [1.54, 1.807) is 11.3 Å². The van der Waals surface area contributed by atoms with E-state index in [0.29, 0.717) is 6.54 Å². The van der Waals surface area contributed by atoms with Crippen molar-refractivity contribution in [1.29, 1.82) is 0 Å². The van der Waals surface area contributed by atoms with E-state index in [1.807, 2.05) is 26.8 Å². The molecule has 0 unspecified atom stereocenters. The summed E-state index contributed by atoms with van der Waals surface area (Å²) in [6, 6.07) is 6.16. The van der Waals surface area contributed by atoms with Crippen molar-refractivity contribution in [3.8, 4) is 0 Å². The lowest BCUT2D eigenvalue weighted by molar-refractivity contribution is 0.0524. The maximum Gasteiger partial charge on any atom is 0.407 e. The molecule has 0 saturated heterocycles. The van der Waals surface area contributed by atoms with Crippen LogP contribution < -0.4 is 5.32 Å². The number of halogens is 1. The highest BCUT2D eigenvalue weighted by Gasteiger charge is 2.16. The molecule has 2 aromatic rings. The van der Waals surface area contributed by atoms with E-state index in [9.17, 15) is 4.79 Å². The minimum absolute atomic E-state index is 0.387. The van der Waals surface area contributed by atoms with Crippen molar-refractivity contribution in [2.24, 2.45) is 0 Å². The zero-order valence-electron chi connectivity index (χ0n) is 11.1. The number of hydrogen-bond acceptors (Lipinski definition) is 3. The normalized spacial score (nSPS) is 11.6. The predicted octanol–water partition coefficient (Wildman–Crippen LogP) is 4.69. The number of thiophene rings is 1. The summed E-state index contributed by atoms with van der Waals surface area (Å²) in [6.45, 7) is 6.03. The number of carbonyl (C=O) groups excluding carboxylic acids is 1. The van der Waals surface area contributed by atoms with Crippen LogP contribution in [-0.2, 0) is 11.3 Å². The van der Waals surface area contributed by atoms with Gasteiger partial charge in [-0.2, -0.15) is 0 Å². The number of rotatable bonds is 2. The van der Waals surface area contributed by atoms with Gasteiger partial charge in [0, 0.05) is 15.7 Å². The molecule has 0 fully saturated rings. The highest BCUT2D eigenvalue weighted by molar-refractivity contribution is 9.10. The van der Waals surface area contributed by atoms with Crippen molar-refractivity contribution in [2.75, 3.05) is 0 Å². The summed E-state index contributed by atoms with van der Waals surface area (Å²) in [5, 5.41) is 6.01.